The van der Waals surface area contributed by atoms with Crippen molar-refractivity contribution in [2.45, 2.75) is 111 Å². The predicted molar refractivity (Wildman–Crippen MR) is 130 cm³/mol. The first-order valence-corrected chi connectivity index (χ1v) is 13.5. The van der Waals surface area contributed by atoms with E-state index in [0.29, 0.717) is 54.9 Å². The van der Waals surface area contributed by atoms with Crippen LogP contribution in [0.25, 0.3) is 0 Å². The van der Waals surface area contributed by atoms with Gasteiger partial charge < -0.3 is 9.47 Å². The molecule has 0 bridgehead atoms. The van der Waals surface area contributed by atoms with Crippen molar-refractivity contribution < 1.29 is 19.1 Å². The molecule has 1 saturated heterocycles. The van der Waals surface area contributed by atoms with Gasteiger partial charge in [-0.3, -0.25) is 0 Å². The monoisotopic (exact) mass is 475 g/mol. The van der Waals surface area contributed by atoms with E-state index in [9.17, 15) is 14.9 Å². The van der Waals surface area contributed by atoms with Crippen molar-refractivity contribution in [2.75, 3.05) is 6.54 Å². The molecule has 3 rings (SSSR count). The number of ether oxygens (including phenoxy) is 2. The number of nitriles is 1. The van der Waals surface area contributed by atoms with Crippen molar-refractivity contribution in [3.63, 3.8) is 0 Å². The smallest absolute Gasteiger partial charge is 0.430 e. The number of carbonyl (C=O) groups excluding carboxylic acids is 2. The first-order chi connectivity index (χ1) is 16.1. The van der Waals surface area contributed by atoms with Gasteiger partial charge in [0.25, 0.3) is 0 Å². The van der Waals surface area contributed by atoms with Crippen molar-refractivity contribution in [3.05, 3.63) is 0 Å². The molecular weight excluding hydrogens is 430 g/mol. The quantitative estimate of drug-likeness (QED) is 0.471. The average molecular weight is 476 g/mol. The van der Waals surface area contributed by atoms with Gasteiger partial charge in [-0.2, -0.15) is 10.3 Å². The van der Waals surface area contributed by atoms with Crippen LogP contribution < -0.4 is 0 Å². The van der Waals surface area contributed by atoms with Crippen LogP contribution in [0.3, 0.4) is 0 Å². The second-order valence-electron chi connectivity index (χ2n) is 11.8. The van der Waals surface area contributed by atoms with Crippen molar-refractivity contribution in [1.29, 1.82) is 5.26 Å². The zero-order valence-electron chi connectivity index (χ0n) is 22.0. The van der Waals surface area contributed by atoms with Crippen LogP contribution in [0.4, 0.5) is 9.59 Å². The van der Waals surface area contributed by atoms with Gasteiger partial charge in [-0.25, -0.2) is 14.6 Å². The summed E-state index contributed by atoms with van der Waals surface area (Å²) in [6.07, 6.45) is 5.71. The highest BCUT2D eigenvalue weighted by Gasteiger charge is 2.43. The maximum Gasteiger partial charge on any atom is 0.430 e. The van der Waals surface area contributed by atoms with Gasteiger partial charge in [0.2, 0.25) is 0 Å². The summed E-state index contributed by atoms with van der Waals surface area (Å²) in [7, 11) is 0. The zero-order chi connectivity index (χ0) is 25.0. The maximum atomic E-state index is 13.4. The summed E-state index contributed by atoms with van der Waals surface area (Å²) in [5.41, 5.74) is 0. The van der Waals surface area contributed by atoms with Crippen molar-refractivity contribution >= 4 is 12.2 Å². The lowest BCUT2D eigenvalue weighted by Gasteiger charge is -2.43. The standard InChI is InChI=1S/C27H45N3O4/c1-17(2)22-11-9-19(5)14-24(22)33-26(31)29-13-7-8-21(16-28)30(29)27(32)34-25-15-20(6)10-12-23(25)18(3)4/h17-25H,7-15H2,1-6H3/t19-,20-,21-,22+,23+,24-,25-/m1/s1. The molecule has 2 saturated carbocycles. The van der Waals surface area contributed by atoms with E-state index >= 15 is 0 Å². The summed E-state index contributed by atoms with van der Waals surface area (Å²) in [4.78, 5) is 26.8. The van der Waals surface area contributed by atoms with Gasteiger partial charge in [0.05, 0.1) is 6.07 Å². The maximum absolute atomic E-state index is 13.4. The molecular formula is C27H45N3O4. The molecule has 3 aliphatic rings. The second kappa shape index (κ2) is 11.6. The van der Waals surface area contributed by atoms with Gasteiger partial charge in [0.15, 0.2) is 0 Å². The van der Waals surface area contributed by atoms with Gasteiger partial charge in [-0.15, -0.1) is 0 Å². The molecule has 0 N–H and O–H groups in total. The van der Waals surface area contributed by atoms with E-state index < -0.39 is 18.2 Å². The number of rotatable bonds is 4. The van der Waals surface area contributed by atoms with Crippen molar-refractivity contribution in [2.24, 2.45) is 35.5 Å². The third kappa shape index (κ3) is 6.17. The number of hydrogen-bond donors (Lipinski definition) is 0. The van der Waals surface area contributed by atoms with E-state index in [2.05, 4.69) is 47.6 Å². The minimum absolute atomic E-state index is 0.166. The van der Waals surface area contributed by atoms with Gasteiger partial charge >= 0.3 is 12.2 Å². The molecule has 192 valence electrons. The fourth-order valence-corrected chi connectivity index (χ4v) is 6.23. The number of hydrogen-bond acceptors (Lipinski definition) is 5. The normalized spacial score (nSPS) is 34.6. The first-order valence-electron chi connectivity index (χ1n) is 13.5. The Kier molecular flexibility index (Phi) is 9.12. The number of hydrazine groups is 1. The summed E-state index contributed by atoms with van der Waals surface area (Å²) in [5, 5.41) is 12.4. The van der Waals surface area contributed by atoms with Crippen molar-refractivity contribution in [3.8, 4) is 6.07 Å². The highest BCUT2D eigenvalue weighted by molar-refractivity contribution is 5.75. The highest BCUT2D eigenvalue weighted by Crippen LogP contribution is 2.37. The molecule has 1 heterocycles. The third-order valence-electron chi connectivity index (χ3n) is 8.38. The molecule has 7 nitrogen and oxygen atoms in total. The summed E-state index contributed by atoms with van der Waals surface area (Å²) in [5.74, 6) is 2.42. The van der Waals surface area contributed by atoms with Crippen molar-refractivity contribution in [1.82, 2.24) is 10.0 Å². The van der Waals surface area contributed by atoms with Gasteiger partial charge in [-0.1, -0.05) is 54.4 Å². The molecule has 0 aromatic heterocycles. The average Bonchev–Trinajstić information content (AvgIpc) is 2.78. The molecule has 7 heteroatoms. The lowest BCUT2D eigenvalue weighted by atomic mass is 9.75. The van der Waals surface area contributed by atoms with Crippen LogP contribution in [-0.4, -0.2) is 47.0 Å². The van der Waals surface area contributed by atoms with Crippen LogP contribution in [-0.2, 0) is 9.47 Å². The molecule has 3 fully saturated rings. The summed E-state index contributed by atoms with van der Waals surface area (Å²) >= 11 is 0. The Bertz CT molecular complexity index is 749. The Morgan fingerprint density at radius 2 is 1.32 bits per heavy atom. The fraction of sp³-hybridized carbons (Fsp3) is 0.889. The molecule has 0 aromatic rings. The van der Waals surface area contributed by atoms with Crippen LogP contribution in [0.1, 0.15) is 92.9 Å². The van der Waals surface area contributed by atoms with E-state index in [-0.39, 0.29) is 12.2 Å². The van der Waals surface area contributed by atoms with Gasteiger partial charge in [-0.05, 0) is 74.0 Å². The van der Waals surface area contributed by atoms with E-state index in [4.69, 9.17) is 9.47 Å². The van der Waals surface area contributed by atoms with Crippen LogP contribution in [0.2, 0.25) is 0 Å². The minimum Gasteiger partial charge on any atom is -0.445 e. The Labute approximate surface area is 206 Å². The molecule has 34 heavy (non-hydrogen) atoms. The van der Waals surface area contributed by atoms with Crippen LogP contribution >= 0.6 is 0 Å². The van der Waals surface area contributed by atoms with E-state index in [1.807, 2.05) is 0 Å². The first kappa shape index (κ1) is 26.6. The molecule has 7 atom stereocenters. The van der Waals surface area contributed by atoms with Crippen LogP contribution in [0, 0.1) is 46.8 Å². The largest absolute Gasteiger partial charge is 0.445 e. The predicted octanol–water partition coefficient (Wildman–Crippen LogP) is 6.39. The molecule has 1 aliphatic heterocycles. The second-order valence-corrected chi connectivity index (χ2v) is 11.8. The lowest BCUT2D eigenvalue weighted by molar-refractivity contribution is -0.0923. The topological polar surface area (TPSA) is 82.9 Å². The van der Waals surface area contributed by atoms with Gasteiger partial charge in [0, 0.05) is 6.54 Å². The van der Waals surface area contributed by atoms with E-state index in [1.54, 1.807) is 0 Å². The van der Waals surface area contributed by atoms with E-state index in [1.165, 1.54) is 10.0 Å². The molecule has 0 aromatic carbocycles. The number of carbonyl (C=O) groups is 2. The number of amides is 2. The summed E-state index contributed by atoms with van der Waals surface area (Å²) < 4.78 is 12.1. The molecule has 0 spiro atoms. The lowest BCUT2D eigenvalue weighted by Crippen LogP contribution is -2.59. The molecule has 0 radical (unpaired) electrons. The Hall–Kier alpha value is -1.97. The molecule has 2 amide bonds. The molecule has 0 unspecified atom stereocenters. The fourth-order valence-electron chi connectivity index (χ4n) is 6.23. The highest BCUT2D eigenvalue weighted by atomic mass is 16.6. The zero-order valence-corrected chi connectivity index (χ0v) is 22.0. The molecule has 2 aliphatic carbocycles. The van der Waals surface area contributed by atoms with E-state index in [0.717, 1.165) is 38.5 Å². The van der Waals surface area contributed by atoms with Gasteiger partial charge in [0.1, 0.15) is 18.2 Å². The van der Waals surface area contributed by atoms with Crippen LogP contribution in [0.15, 0.2) is 0 Å². The summed E-state index contributed by atoms with van der Waals surface area (Å²) in [6.45, 7) is 13.4. The van der Waals surface area contributed by atoms with Crippen LogP contribution in [0.5, 0.6) is 0 Å². The Morgan fingerprint density at radius 3 is 1.79 bits per heavy atom. The summed E-state index contributed by atoms with van der Waals surface area (Å²) in [6, 6.07) is 1.49. The SMILES string of the molecule is CC(C)[C@@H]1CC[C@@H](C)C[C@H]1OC(=O)N1CCC[C@H](C#N)N1C(=O)O[C@@H]1C[C@H](C)CC[C@H]1C(C)C. The Balaban J connectivity index is 1.76. The number of nitrogens with zero attached hydrogens (tertiary/aromatic N) is 3. The Morgan fingerprint density at radius 1 is 0.824 bits per heavy atom. The third-order valence-corrected chi connectivity index (χ3v) is 8.38. The minimum atomic E-state index is -0.724.